The number of ether oxygens (including phenoxy) is 1. The molecule has 0 N–H and O–H groups in total. The van der Waals surface area contributed by atoms with Crippen LogP contribution in [0.5, 0.6) is 11.5 Å². The lowest BCUT2D eigenvalue weighted by Gasteiger charge is -2.77. The van der Waals surface area contributed by atoms with E-state index in [1.54, 1.807) is 0 Å². The third-order valence-corrected chi connectivity index (χ3v) is 13.8. The topological polar surface area (TPSA) is 12.5 Å². The van der Waals surface area contributed by atoms with Crippen LogP contribution in [0.4, 0.5) is 17.1 Å². The summed E-state index contributed by atoms with van der Waals surface area (Å²) in [5, 5.41) is 0. The van der Waals surface area contributed by atoms with Gasteiger partial charge in [0.1, 0.15) is 11.5 Å². The molecule has 4 fully saturated rings. The van der Waals surface area contributed by atoms with Crippen LogP contribution in [0.3, 0.4) is 0 Å². The van der Waals surface area contributed by atoms with Crippen LogP contribution in [0.2, 0.25) is 0 Å². The summed E-state index contributed by atoms with van der Waals surface area (Å²) in [4.78, 5) is 2.51. The van der Waals surface area contributed by atoms with Gasteiger partial charge >= 0.3 is 0 Å². The van der Waals surface area contributed by atoms with Crippen LogP contribution >= 0.6 is 0 Å². The maximum Gasteiger partial charge on any atom is 0.133 e. The fraction of sp³-hybridized carbons (Fsp3) is 0.429. The Morgan fingerprint density at radius 1 is 0.636 bits per heavy atom. The summed E-state index contributed by atoms with van der Waals surface area (Å²) < 4.78 is 6.92. The molecule has 0 amide bonds. The molecular formula is C42H43NO. The lowest BCUT2D eigenvalue weighted by atomic mass is 9.26. The zero-order chi connectivity index (χ0) is 29.6. The Hall–Kier alpha value is -3.52. The highest BCUT2D eigenvalue weighted by molar-refractivity contribution is 5.82. The van der Waals surface area contributed by atoms with Gasteiger partial charge in [-0.3, -0.25) is 0 Å². The summed E-state index contributed by atoms with van der Waals surface area (Å²) in [5.41, 5.74) is 10.6. The van der Waals surface area contributed by atoms with E-state index in [2.05, 4.69) is 124 Å². The number of benzene rings is 4. The molecule has 0 saturated heterocycles. The Bertz CT molecular complexity index is 1850. The van der Waals surface area contributed by atoms with Crippen LogP contribution in [0.15, 0.2) is 91.0 Å². The number of hydrogen-bond acceptors (Lipinski definition) is 2. The second kappa shape index (κ2) is 8.19. The lowest BCUT2D eigenvalue weighted by molar-refractivity contribution is -0.235. The van der Waals surface area contributed by atoms with Gasteiger partial charge in [0.05, 0.1) is 5.69 Å². The first-order valence-electron chi connectivity index (χ1n) is 17.2. The molecule has 1 heterocycles. The summed E-state index contributed by atoms with van der Waals surface area (Å²) in [6.07, 6.45) is 8.18. The number of anilines is 3. The van der Waals surface area contributed by atoms with Gasteiger partial charge in [0.15, 0.2) is 0 Å². The number of nitrogens with zero attached hydrogens (tertiary/aromatic N) is 1. The molecule has 6 atom stereocenters. The van der Waals surface area contributed by atoms with E-state index >= 15 is 0 Å². The largest absolute Gasteiger partial charge is 0.457 e. The van der Waals surface area contributed by atoms with Crippen molar-refractivity contribution in [2.24, 2.45) is 29.1 Å². The van der Waals surface area contributed by atoms with Gasteiger partial charge in [-0.1, -0.05) is 82.3 Å². The summed E-state index contributed by atoms with van der Waals surface area (Å²) >= 11 is 0. The number of fused-ring (bicyclic) bond motifs is 8. The van der Waals surface area contributed by atoms with Crippen LogP contribution in [-0.4, -0.2) is 0 Å². The average molecular weight is 578 g/mol. The minimum absolute atomic E-state index is 0.0883. The highest BCUT2D eigenvalue weighted by Crippen LogP contribution is 2.89. The van der Waals surface area contributed by atoms with Crippen molar-refractivity contribution in [1.29, 1.82) is 0 Å². The lowest BCUT2D eigenvalue weighted by Crippen LogP contribution is -2.74. The Morgan fingerprint density at radius 3 is 2.20 bits per heavy atom. The van der Waals surface area contributed by atoms with E-state index in [1.807, 2.05) is 0 Å². The van der Waals surface area contributed by atoms with E-state index in [9.17, 15) is 0 Å². The molecule has 2 spiro atoms. The minimum atomic E-state index is 0.0883. The van der Waals surface area contributed by atoms with E-state index < -0.39 is 0 Å². The maximum absolute atomic E-state index is 6.92. The van der Waals surface area contributed by atoms with Crippen molar-refractivity contribution in [3.05, 3.63) is 113 Å². The monoisotopic (exact) mass is 577 g/mol. The fourth-order valence-electron chi connectivity index (χ4n) is 12.1. The highest BCUT2D eigenvalue weighted by Gasteiger charge is 2.84. The molecule has 222 valence electrons. The van der Waals surface area contributed by atoms with E-state index in [-0.39, 0.29) is 16.2 Å². The van der Waals surface area contributed by atoms with Crippen molar-refractivity contribution in [3.8, 4) is 11.5 Å². The smallest absolute Gasteiger partial charge is 0.133 e. The molecule has 0 radical (unpaired) electrons. The Balaban J connectivity index is 1.18. The van der Waals surface area contributed by atoms with E-state index in [0.29, 0.717) is 5.41 Å². The van der Waals surface area contributed by atoms with Gasteiger partial charge in [-0.05, 0) is 120 Å². The molecule has 0 aromatic heterocycles. The van der Waals surface area contributed by atoms with Crippen LogP contribution in [-0.2, 0) is 16.2 Å². The van der Waals surface area contributed by atoms with Crippen LogP contribution in [0, 0.1) is 29.1 Å². The van der Waals surface area contributed by atoms with Gasteiger partial charge < -0.3 is 9.64 Å². The standard InChI is InChI=1S/C42H43NO/c1-39(2)19-20-40(3,4)38-32(39)14-10-15-33(38)43(28-11-6-5-7-12-28)29-17-18-31-35(24-29)44-34-16-9-8-13-30(34)42(31)36-22-26-21-27-23-37(42)41(27,36)25-26/h5-18,24,26-27,36-37H,19-23,25H2,1-4H3. The van der Waals surface area contributed by atoms with E-state index in [4.69, 9.17) is 4.74 Å². The third-order valence-electron chi connectivity index (χ3n) is 13.8. The number of para-hydroxylation sites is 2. The molecule has 10 rings (SSSR count). The van der Waals surface area contributed by atoms with E-state index in [0.717, 1.165) is 35.2 Å². The molecule has 2 bridgehead atoms. The van der Waals surface area contributed by atoms with Crippen molar-refractivity contribution in [1.82, 2.24) is 0 Å². The molecule has 4 aromatic rings. The minimum Gasteiger partial charge on any atom is -0.457 e. The van der Waals surface area contributed by atoms with E-state index in [1.165, 1.54) is 77.8 Å². The molecule has 2 heteroatoms. The van der Waals surface area contributed by atoms with Crippen LogP contribution in [0.1, 0.15) is 88.5 Å². The normalized spacial score (nSPS) is 33.6. The van der Waals surface area contributed by atoms with Gasteiger partial charge in [0, 0.05) is 34.0 Å². The van der Waals surface area contributed by atoms with Crippen molar-refractivity contribution in [2.75, 3.05) is 4.90 Å². The molecule has 6 aliphatic rings. The third kappa shape index (κ3) is 2.90. The van der Waals surface area contributed by atoms with Crippen molar-refractivity contribution >= 4 is 17.1 Å². The first-order chi connectivity index (χ1) is 21.2. The van der Waals surface area contributed by atoms with Gasteiger partial charge in [0.25, 0.3) is 0 Å². The second-order valence-electron chi connectivity index (χ2n) is 16.5. The first-order valence-corrected chi connectivity index (χ1v) is 17.2. The molecule has 6 unspecified atom stereocenters. The van der Waals surface area contributed by atoms with Crippen molar-refractivity contribution in [2.45, 2.75) is 82.5 Å². The highest BCUT2D eigenvalue weighted by atomic mass is 16.5. The Kier molecular flexibility index (Phi) is 4.80. The summed E-state index contributed by atoms with van der Waals surface area (Å²) in [5.74, 6) is 5.61. The number of rotatable bonds is 3. The van der Waals surface area contributed by atoms with Gasteiger partial charge in [-0.15, -0.1) is 0 Å². The van der Waals surface area contributed by atoms with Crippen molar-refractivity contribution < 1.29 is 4.74 Å². The zero-order valence-electron chi connectivity index (χ0n) is 26.6. The van der Waals surface area contributed by atoms with Gasteiger partial charge in [-0.25, -0.2) is 0 Å². The quantitative estimate of drug-likeness (QED) is 0.240. The van der Waals surface area contributed by atoms with Crippen LogP contribution in [0.25, 0.3) is 0 Å². The summed E-state index contributed by atoms with van der Waals surface area (Å²) in [7, 11) is 0. The van der Waals surface area contributed by atoms with Crippen LogP contribution < -0.4 is 9.64 Å². The molecule has 2 nitrogen and oxygen atoms in total. The predicted octanol–water partition coefficient (Wildman–Crippen LogP) is 11.0. The SMILES string of the molecule is CC1(C)CCC(C)(C)c2c(N(c3ccccc3)c3ccc4c(c3)Oc3ccccc3C43C4CC5CC6CC3C64C5)cccc21. The molecule has 4 saturated carbocycles. The molecule has 1 aliphatic heterocycles. The number of hydrogen-bond donors (Lipinski definition) is 0. The maximum atomic E-state index is 6.92. The van der Waals surface area contributed by atoms with Gasteiger partial charge in [-0.2, -0.15) is 0 Å². The summed E-state index contributed by atoms with van der Waals surface area (Å²) in [6.45, 7) is 9.73. The Morgan fingerprint density at radius 2 is 1.36 bits per heavy atom. The Labute approximate surface area is 262 Å². The molecule has 44 heavy (non-hydrogen) atoms. The van der Waals surface area contributed by atoms with Crippen molar-refractivity contribution in [3.63, 3.8) is 0 Å². The molecule has 4 aromatic carbocycles. The zero-order valence-corrected chi connectivity index (χ0v) is 26.6. The second-order valence-corrected chi connectivity index (χ2v) is 16.5. The summed E-state index contributed by atoms with van der Waals surface area (Å²) in [6, 6.07) is 34.3. The van der Waals surface area contributed by atoms with Gasteiger partial charge in [0.2, 0.25) is 0 Å². The fourth-order valence-corrected chi connectivity index (χ4v) is 12.1. The molecule has 5 aliphatic carbocycles. The predicted molar refractivity (Wildman–Crippen MR) is 179 cm³/mol. The molecular weight excluding hydrogens is 534 g/mol. The average Bonchev–Trinajstić information content (AvgIpc) is 3.55. The first kappa shape index (κ1) is 25.8.